The molecule has 0 spiro atoms. The molecule has 0 aliphatic carbocycles. The second-order valence-corrected chi connectivity index (χ2v) is 5.53. The summed E-state index contributed by atoms with van der Waals surface area (Å²) in [6.45, 7) is 8.86. The molecule has 1 saturated heterocycles. The molecule has 1 aliphatic rings. The lowest BCUT2D eigenvalue weighted by molar-refractivity contribution is -0.131. The van der Waals surface area contributed by atoms with E-state index in [1.165, 1.54) is 24.6 Å². The molecule has 21 heavy (non-hydrogen) atoms. The third kappa shape index (κ3) is 5.33. The Labute approximate surface area is 126 Å². The molecule has 1 fully saturated rings. The van der Waals surface area contributed by atoms with Gasteiger partial charge in [0.15, 0.2) is 0 Å². The second kappa shape index (κ2) is 7.96. The number of nitrogens with zero attached hydrogens (tertiary/aromatic N) is 2. The van der Waals surface area contributed by atoms with E-state index >= 15 is 0 Å². The molecule has 4 heteroatoms. The van der Waals surface area contributed by atoms with Crippen molar-refractivity contribution in [2.24, 2.45) is 0 Å². The van der Waals surface area contributed by atoms with Crippen LogP contribution in [0.5, 0.6) is 0 Å². The zero-order valence-electron chi connectivity index (χ0n) is 12.7. The lowest BCUT2D eigenvalue weighted by Crippen LogP contribution is -2.45. The van der Waals surface area contributed by atoms with Crippen molar-refractivity contribution in [2.75, 3.05) is 32.7 Å². The van der Waals surface area contributed by atoms with Crippen LogP contribution < -0.4 is 0 Å². The summed E-state index contributed by atoms with van der Waals surface area (Å²) in [5, 5.41) is 8.67. The van der Waals surface area contributed by atoms with E-state index in [1.54, 1.807) is 6.08 Å². The fourth-order valence-electron chi connectivity index (χ4n) is 2.71. The molecule has 1 aromatic carbocycles. The van der Waals surface area contributed by atoms with Crippen LogP contribution in [0.25, 0.3) is 6.08 Å². The first kappa shape index (κ1) is 15.7. The molecular weight excluding hydrogens is 264 g/mol. The van der Waals surface area contributed by atoms with Crippen molar-refractivity contribution in [3.05, 3.63) is 41.5 Å². The van der Waals surface area contributed by atoms with E-state index in [4.69, 9.17) is 5.11 Å². The Morgan fingerprint density at radius 1 is 1.24 bits per heavy atom. The Balaban J connectivity index is 1.89. The highest BCUT2D eigenvalue weighted by Gasteiger charge is 2.15. The van der Waals surface area contributed by atoms with Gasteiger partial charge in [0.1, 0.15) is 0 Å². The van der Waals surface area contributed by atoms with Gasteiger partial charge >= 0.3 is 5.97 Å². The van der Waals surface area contributed by atoms with Gasteiger partial charge in [0.05, 0.1) is 0 Å². The highest BCUT2D eigenvalue weighted by molar-refractivity contribution is 5.85. The van der Waals surface area contributed by atoms with E-state index in [9.17, 15) is 4.79 Å². The van der Waals surface area contributed by atoms with Gasteiger partial charge in [-0.3, -0.25) is 4.90 Å². The van der Waals surface area contributed by atoms with Crippen LogP contribution in [0.1, 0.15) is 24.5 Å². The summed E-state index contributed by atoms with van der Waals surface area (Å²) >= 11 is 0. The average molecular weight is 288 g/mol. The molecule has 1 heterocycles. The molecule has 0 amide bonds. The number of rotatable bonds is 6. The van der Waals surface area contributed by atoms with Crippen LogP contribution >= 0.6 is 0 Å². The molecule has 1 N–H and O–H groups in total. The Bertz CT molecular complexity index is 491. The van der Waals surface area contributed by atoms with Crippen LogP contribution in [0.3, 0.4) is 0 Å². The lowest BCUT2D eigenvalue weighted by Gasteiger charge is -2.34. The van der Waals surface area contributed by atoms with Gasteiger partial charge in [0.2, 0.25) is 0 Å². The molecule has 0 atom stereocenters. The maximum atomic E-state index is 10.6. The SMILES string of the molecule is CCCN1CCN(Cc2cccc(C=CC(=O)O)c2)CC1. The van der Waals surface area contributed by atoms with E-state index in [0.717, 1.165) is 38.3 Å². The van der Waals surface area contributed by atoms with Gasteiger partial charge in [-0.05, 0) is 30.2 Å². The van der Waals surface area contributed by atoms with Gasteiger partial charge in [-0.2, -0.15) is 0 Å². The third-order valence-corrected chi connectivity index (χ3v) is 3.78. The minimum atomic E-state index is -0.910. The predicted octanol–water partition coefficient (Wildman–Crippen LogP) is 2.31. The summed E-state index contributed by atoms with van der Waals surface area (Å²) in [5.74, 6) is -0.910. The number of carboxylic acid groups (broad SMARTS) is 1. The van der Waals surface area contributed by atoms with E-state index in [1.807, 2.05) is 12.1 Å². The third-order valence-electron chi connectivity index (χ3n) is 3.78. The quantitative estimate of drug-likeness (QED) is 0.816. The number of hydrogen-bond acceptors (Lipinski definition) is 3. The summed E-state index contributed by atoms with van der Waals surface area (Å²) in [6, 6.07) is 8.10. The first-order valence-electron chi connectivity index (χ1n) is 7.62. The predicted molar refractivity (Wildman–Crippen MR) is 85.1 cm³/mol. The molecule has 1 aromatic rings. The van der Waals surface area contributed by atoms with Crippen LogP contribution in [0.4, 0.5) is 0 Å². The molecule has 0 saturated carbocycles. The Hall–Kier alpha value is -1.65. The van der Waals surface area contributed by atoms with E-state index < -0.39 is 5.97 Å². The zero-order chi connectivity index (χ0) is 15.1. The van der Waals surface area contributed by atoms with Crippen molar-refractivity contribution in [2.45, 2.75) is 19.9 Å². The molecule has 0 bridgehead atoms. The highest BCUT2D eigenvalue weighted by atomic mass is 16.4. The summed E-state index contributed by atoms with van der Waals surface area (Å²) in [6.07, 6.45) is 4.05. The second-order valence-electron chi connectivity index (χ2n) is 5.53. The number of piperazine rings is 1. The van der Waals surface area contributed by atoms with Crippen LogP contribution in [0, 0.1) is 0 Å². The molecule has 0 unspecified atom stereocenters. The van der Waals surface area contributed by atoms with Crippen LogP contribution in [-0.4, -0.2) is 53.6 Å². The fraction of sp³-hybridized carbons (Fsp3) is 0.471. The van der Waals surface area contributed by atoms with Crippen LogP contribution in [0.2, 0.25) is 0 Å². The van der Waals surface area contributed by atoms with Crippen molar-refractivity contribution in [1.29, 1.82) is 0 Å². The van der Waals surface area contributed by atoms with E-state index in [-0.39, 0.29) is 0 Å². The van der Waals surface area contributed by atoms with Gasteiger partial charge < -0.3 is 10.0 Å². The number of carboxylic acids is 1. The minimum absolute atomic E-state index is 0.910. The summed E-state index contributed by atoms with van der Waals surface area (Å²) in [5.41, 5.74) is 2.19. The normalized spacial score (nSPS) is 17.4. The van der Waals surface area contributed by atoms with Gasteiger partial charge in [-0.15, -0.1) is 0 Å². The maximum absolute atomic E-state index is 10.6. The smallest absolute Gasteiger partial charge is 0.328 e. The van der Waals surface area contributed by atoms with Gasteiger partial charge in [-0.25, -0.2) is 4.79 Å². The first-order valence-corrected chi connectivity index (χ1v) is 7.62. The topological polar surface area (TPSA) is 43.8 Å². The molecule has 114 valence electrons. The number of benzene rings is 1. The number of hydrogen-bond donors (Lipinski definition) is 1. The van der Waals surface area contributed by atoms with Gasteiger partial charge in [0.25, 0.3) is 0 Å². The van der Waals surface area contributed by atoms with Gasteiger partial charge in [-0.1, -0.05) is 31.2 Å². The van der Waals surface area contributed by atoms with Crippen molar-refractivity contribution in [3.8, 4) is 0 Å². The molecule has 2 rings (SSSR count). The molecule has 4 nitrogen and oxygen atoms in total. The number of aliphatic carboxylic acids is 1. The Morgan fingerprint density at radius 3 is 2.62 bits per heavy atom. The first-order chi connectivity index (χ1) is 10.2. The van der Waals surface area contributed by atoms with Gasteiger partial charge in [0, 0.05) is 38.8 Å². The van der Waals surface area contributed by atoms with Crippen molar-refractivity contribution in [3.63, 3.8) is 0 Å². The summed E-state index contributed by atoms with van der Waals surface area (Å²) in [7, 11) is 0. The van der Waals surface area contributed by atoms with Crippen LogP contribution in [-0.2, 0) is 11.3 Å². The van der Waals surface area contributed by atoms with E-state index in [0.29, 0.717) is 0 Å². The molecular formula is C17H24N2O2. The van der Waals surface area contributed by atoms with Crippen molar-refractivity contribution >= 4 is 12.0 Å². The Kier molecular flexibility index (Phi) is 5.96. The Morgan fingerprint density at radius 2 is 1.95 bits per heavy atom. The monoisotopic (exact) mass is 288 g/mol. The highest BCUT2D eigenvalue weighted by Crippen LogP contribution is 2.12. The largest absolute Gasteiger partial charge is 0.478 e. The standard InChI is InChI=1S/C17H24N2O2/c1-2-8-18-9-11-19(12-10-18)14-16-5-3-4-15(13-16)6-7-17(20)21/h3-7,13H,2,8-12,14H2,1H3,(H,20,21). The number of carbonyl (C=O) groups is 1. The molecule has 0 aromatic heterocycles. The van der Waals surface area contributed by atoms with Crippen molar-refractivity contribution < 1.29 is 9.90 Å². The lowest BCUT2D eigenvalue weighted by atomic mass is 10.1. The minimum Gasteiger partial charge on any atom is -0.478 e. The maximum Gasteiger partial charge on any atom is 0.328 e. The van der Waals surface area contributed by atoms with Crippen LogP contribution in [0.15, 0.2) is 30.3 Å². The summed E-state index contributed by atoms with van der Waals surface area (Å²) in [4.78, 5) is 15.5. The molecule has 0 radical (unpaired) electrons. The fourth-order valence-corrected chi connectivity index (χ4v) is 2.71. The summed E-state index contributed by atoms with van der Waals surface area (Å²) < 4.78 is 0. The van der Waals surface area contributed by atoms with Crippen molar-refractivity contribution in [1.82, 2.24) is 9.80 Å². The zero-order valence-corrected chi connectivity index (χ0v) is 12.7. The molecule has 1 aliphatic heterocycles. The average Bonchev–Trinajstić information content (AvgIpc) is 2.48. The van der Waals surface area contributed by atoms with E-state index in [2.05, 4.69) is 28.9 Å².